The van der Waals surface area contributed by atoms with Gasteiger partial charge in [-0.15, -0.1) is 0 Å². The van der Waals surface area contributed by atoms with Crippen molar-refractivity contribution in [3.05, 3.63) is 29.7 Å². The molecule has 3 rings (SSSR count). The molecule has 0 aromatic carbocycles. The number of rotatable bonds is 6. The standard InChI is InChI=1S/C19H28N2O2/c1-15(10-18-8-5-9-23-18)12-20(2)13-16-11-19(22)21(14-16)17-6-3-4-7-17/h5,8-10,16-17H,3-4,6-7,11-14H2,1-2H3. The fraction of sp³-hybridized carbons (Fsp3) is 0.632. The van der Waals surface area contributed by atoms with Crippen molar-refractivity contribution in [2.24, 2.45) is 5.92 Å². The minimum atomic E-state index is 0.373. The zero-order valence-corrected chi connectivity index (χ0v) is 14.3. The number of furan rings is 1. The first kappa shape index (κ1) is 16.3. The number of likely N-dealkylation sites (N-methyl/N-ethyl adjacent to an activating group) is 1. The molecular weight excluding hydrogens is 288 g/mol. The zero-order chi connectivity index (χ0) is 16.2. The van der Waals surface area contributed by atoms with Crippen LogP contribution in [0, 0.1) is 5.92 Å². The summed E-state index contributed by atoms with van der Waals surface area (Å²) in [6.45, 7) is 4.98. The number of nitrogens with zero attached hydrogens (tertiary/aromatic N) is 2. The molecule has 1 aromatic heterocycles. The van der Waals surface area contributed by atoms with E-state index < -0.39 is 0 Å². The van der Waals surface area contributed by atoms with Gasteiger partial charge in [-0.25, -0.2) is 0 Å². The monoisotopic (exact) mass is 316 g/mol. The normalized spacial score (nSPS) is 23.4. The summed E-state index contributed by atoms with van der Waals surface area (Å²) in [5.74, 6) is 1.75. The summed E-state index contributed by atoms with van der Waals surface area (Å²) >= 11 is 0. The van der Waals surface area contributed by atoms with Gasteiger partial charge in [0.05, 0.1) is 6.26 Å². The number of likely N-dealkylation sites (tertiary alicyclic amines) is 1. The van der Waals surface area contributed by atoms with Crippen LogP contribution < -0.4 is 0 Å². The molecule has 1 saturated heterocycles. The maximum absolute atomic E-state index is 12.3. The largest absolute Gasteiger partial charge is 0.465 e. The summed E-state index contributed by atoms with van der Waals surface area (Å²) in [6, 6.07) is 4.40. The van der Waals surface area contributed by atoms with Crippen molar-refractivity contribution < 1.29 is 9.21 Å². The van der Waals surface area contributed by atoms with Crippen LogP contribution in [0.25, 0.3) is 6.08 Å². The molecule has 126 valence electrons. The second kappa shape index (κ2) is 7.35. The molecule has 0 bridgehead atoms. The van der Waals surface area contributed by atoms with E-state index in [1.165, 1.54) is 31.3 Å². The maximum atomic E-state index is 12.3. The molecule has 0 radical (unpaired) electrons. The van der Waals surface area contributed by atoms with E-state index in [9.17, 15) is 4.79 Å². The van der Waals surface area contributed by atoms with E-state index in [1.54, 1.807) is 6.26 Å². The predicted molar refractivity (Wildman–Crippen MR) is 91.9 cm³/mol. The van der Waals surface area contributed by atoms with E-state index in [4.69, 9.17) is 4.42 Å². The Morgan fingerprint density at radius 2 is 2.22 bits per heavy atom. The Morgan fingerprint density at radius 1 is 1.43 bits per heavy atom. The molecule has 1 saturated carbocycles. The van der Waals surface area contributed by atoms with Gasteiger partial charge in [-0.05, 0) is 50.9 Å². The highest BCUT2D eigenvalue weighted by molar-refractivity contribution is 5.79. The average Bonchev–Trinajstić information content (AvgIpc) is 3.20. The van der Waals surface area contributed by atoms with Crippen molar-refractivity contribution in [3.8, 4) is 0 Å². The molecule has 0 spiro atoms. The van der Waals surface area contributed by atoms with Gasteiger partial charge in [-0.3, -0.25) is 4.79 Å². The molecule has 0 N–H and O–H groups in total. The SMILES string of the molecule is CC(=Cc1ccco1)CN(C)CC1CC(=O)N(C2CCCC2)C1. The lowest BCUT2D eigenvalue weighted by molar-refractivity contribution is -0.129. The molecule has 1 aliphatic carbocycles. The molecule has 2 aliphatic rings. The first-order valence-electron chi connectivity index (χ1n) is 8.80. The predicted octanol–water partition coefficient (Wildman–Crippen LogP) is 3.41. The number of amides is 1. The van der Waals surface area contributed by atoms with E-state index in [2.05, 4.69) is 29.8 Å². The van der Waals surface area contributed by atoms with Crippen LogP contribution in [0.15, 0.2) is 28.4 Å². The van der Waals surface area contributed by atoms with Crippen LogP contribution >= 0.6 is 0 Å². The van der Waals surface area contributed by atoms with Gasteiger partial charge >= 0.3 is 0 Å². The lowest BCUT2D eigenvalue weighted by Crippen LogP contribution is -2.35. The molecule has 1 aromatic rings. The van der Waals surface area contributed by atoms with Gasteiger partial charge in [0.25, 0.3) is 0 Å². The van der Waals surface area contributed by atoms with E-state index in [-0.39, 0.29) is 0 Å². The third kappa shape index (κ3) is 4.25. The zero-order valence-electron chi connectivity index (χ0n) is 14.3. The smallest absolute Gasteiger partial charge is 0.223 e. The van der Waals surface area contributed by atoms with E-state index in [0.717, 1.165) is 31.8 Å². The molecule has 1 unspecified atom stereocenters. The summed E-state index contributed by atoms with van der Waals surface area (Å²) in [4.78, 5) is 16.8. The van der Waals surface area contributed by atoms with Gasteiger partial charge in [0, 0.05) is 32.1 Å². The van der Waals surface area contributed by atoms with Crippen molar-refractivity contribution in [2.45, 2.75) is 45.1 Å². The van der Waals surface area contributed by atoms with Gasteiger partial charge < -0.3 is 14.2 Å². The molecule has 23 heavy (non-hydrogen) atoms. The lowest BCUT2D eigenvalue weighted by atomic mass is 10.1. The Labute approximate surface area is 139 Å². The van der Waals surface area contributed by atoms with Crippen molar-refractivity contribution >= 4 is 12.0 Å². The van der Waals surface area contributed by atoms with Crippen LogP contribution in [0.2, 0.25) is 0 Å². The summed E-state index contributed by atoms with van der Waals surface area (Å²) in [5.41, 5.74) is 1.28. The first-order valence-corrected chi connectivity index (χ1v) is 8.80. The quantitative estimate of drug-likeness (QED) is 0.807. The fourth-order valence-electron chi connectivity index (χ4n) is 4.09. The molecule has 1 amide bonds. The summed E-state index contributed by atoms with van der Waals surface area (Å²) in [6.07, 6.45) is 9.50. The van der Waals surface area contributed by atoms with E-state index in [0.29, 0.717) is 17.9 Å². The number of carbonyl (C=O) groups is 1. The van der Waals surface area contributed by atoms with Crippen LogP contribution in [0.1, 0.15) is 44.8 Å². The topological polar surface area (TPSA) is 36.7 Å². The van der Waals surface area contributed by atoms with Gasteiger partial charge in [0.1, 0.15) is 5.76 Å². The highest BCUT2D eigenvalue weighted by atomic mass is 16.3. The minimum Gasteiger partial charge on any atom is -0.465 e. The Hall–Kier alpha value is -1.55. The van der Waals surface area contributed by atoms with Crippen molar-refractivity contribution in [2.75, 3.05) is 26.7 Å². The first-order chi connectivity index (χ1) is 11.1. The van der Waals surface area contributed by atoms with E-state index >= 15 is 0 Å². The molecular formula is C19H28N2O2. The molecule has 2 heterocycles. The fourth-order valence-corrected chi connectivity index (χ4v) is 4.09. The summed E-state index contributed by atoms with van der Waals surface area (Å²) in [7, 11) is 2.14. The lowest BCUT2D eigenvalue weighted by Gasteiger charge is -2.25. The maximum Gasteiger partial charge on any atom is 0.223 e. The highest BCUT2D eigenvalue weighted by Crippen LogP contribution is 2.29. The van der Waals surface area contributed by atoms with Crippen molar-refractivity contribution in [3.63, 3.8) is 0 Å². The van der Waals surface area contributed by atoms with Gasteiger partial charge in [-0.1, -0.05) is 18.4 Å². The third-order valence-electron chi connectivity index (χ3n) is 5.03. The van der Waals surface area contributed by atoms with Crippen LogP contribution in [-0.2, 0) is 4.79 Å². The Morgan fingerprint density at radius 3 is 2.91 bits per heavy atom. The number of hydrogen-bond acceptors (Lipinski definition) is 3. The van der Waals surface area contributed by atoms with Gasteiger partial charge in [0.15, 0.2) is 0 Å². The van der Waals surface area contributed by atoms with Crippen LogP contribution in [0.5, 0.6) is 0 Å². The van der Waals surface area contributed by atoms with Crippen LogP contribution in [0.3, 0.4) is 0 Å². The van der Waals surface area contributed by atoms with Crippen molar-refractivity contribution in [1.29, 1.82) is 0 Å². The molecule has 4 heteroatoms. The molecule has 1 aliphatic heterocycles. The van der Waals surface area contributed by atoms with Crippen LogP contribution in [0.4, 0.5) is 0 Å². The Bertz CT molecular complexity index is 544. The Balaban J connectivity index is 1.48. The molecule has 4 nitrogen and oxygen atoms in total. The van der Waals surface area contributed by atoms with Crippen LogP contribution in [-0.4, -0.2) is 48.4 Å². The second-order valence-electron chi connectivity index (χ2n) is 7.26. The summed E-state index contributed by atoms with van der Waals surface area (Å²) < 4.78 is 5.36. The number of hydrogen-bond donors (Lipinski definition) is 0. The van der Waals surface area contributed by atoms with Gasteiger partial charge in [0.2, 0.25) is 5.91 Å². The number of carbonyl (C=O) groups excluding carboxylic acids is 1. The average molecular weight is 316 g/mol. The second-order valence-corrected chi connectivity index (χ2v) is 7.26. The minimum absolute atomic E-state index is 0.373. The highest BCUT2D eigenvalue weighted by Gasteiger charge is 2.35. The van der Waals surface area contributed by atoms with Crippen molar-refractivity contribution in [1.82, 2.24) is 9.80 Å². The van der Waals surface area contributed by atoms with Gasteiger partial charge in [-0.2, -0.15) is 0 Å². The Kier molecular flexibility index (Phi) is 5.21. The van der Waals surface area contributed by atoms with E-state index in [1.807, 2.05) is 12.1 Å². The third-order valence-corrected chi connectivity index (χ3v) is 5.03. The molecule has 2 fully saturated rings. The molecule has 1 atom stereocenters. The summed E-state index contributed by atoms with van der Waals surface area (Å²) in [5, 5.41) is 0.